The van der Waals surface area contributed by atoms with Crippen molar-refractivity contribution in [1.82, 2.24) is 4.90 Å². The number of nitrogens with zero attached hydrogens (tertiary/aromatic N) is 3. The van der Waals surface area contributed by atoms with Gasteiger partial charge in [-0.1, -0.05) is 31.4 Å². The maximum absolute atomic E-state index is 5.31. The molecule has 2 aliphatic heterocycles. The van der Waals surface area contributed by atoms with E-state index in [4.69, 9.17) is 9.73 Å². The van der Waals surface area contributed by atoms with Crippen molar-refractivity contribution >= 4 is 12.1 Å². The van der Waals surface area contributed by atoms with E-state index in [0.29, 0.717) is 12.1 Å². The molecule has 2 atom stereocenters. The van der Waals surface area contributed by atoms with Crippen LogP contribution in [0.5, 0.6) is 5.75 Å². The summed E-state index contributed by atoms with van der Waals surface area (Å²) < 4.78 is 5.31. The van der Waals surface area contributed by atoms with Crippen LogP contribution in [0.15, 0.2) is 46.7 Å². The predicted molar refractivity (Wildman–Crippen MR) is 97.6 cm³/mol. The lowest BCUT2D eigenvalue weighted by Gasteiger charge is -2.41. The van der Waals surface area contributed by atoms with Crippen molar-refractivity contribution in [1.29, 1.82) is 0 Å². The smallest absolute Gasteiger partial charge is 0.147 e. The second kappa shape index (κ2) is 6.80. The Morgan fingerprint density at radius 2 is 1.88 bits per heavy atom. The Balaban J connectivity index is 1.63. The van der Waals surface area contributed by atoms with Crippen LogP contribution in [0.2, 0.25) is 0 Å². The number of hydrogen-bond donors (Lipinski definition) is 0. The molecule has 1 saturated carbocycles. The zero-order valence-corrected chi connectivity index (χ0v) is 14.3. The minimum atomic E-state index is 0.332. The third-order valence-electron chi connectivity index (χ3n) is 5.56. The van der Waals surface area contributed by atoms with Crippen LogP contribution in [0.4, 0.5) is 0 Å². The quantitative estimate of drug-likeness (QED) is 0.829. The van der Waals surface area contributed by atoms with Gasteiger partial charge in [0.05, 0.1) is 25.4 Å². The molecule has 4 heteroatoms. The molecule has 1 aliphatic carbocycles. The average molecular weight is 323 g/mol. The van der Waals surface area contributed by atoms with E-state index in [1.165, 1.54) is 37.7 Å². The van der Waals surface area contributed by atoms with Gasteiger partial charge < -0.3 is 9.64 Å². The van der Waals surface area contributed by atoms with Gasteiger partial charge in [0, 0.05) is 12.4 Å². The Kier molecular flexibility index (Phi) is 4.37. The highest BCUT2D eigenvalue weighted by Gasteiger charge is 2.34. The first-order valence-corrected chi connectivity index (χ1v) is 9.05. The van der Waals surface area contributed by atoms with Crippen LogP contribution >= 0.6 is 0 Å². The molecule has 1 aromatic carbocycles. The molecule has 0 saturated heterocycles. The lowest BCUT2D eigenvalue weighted by Crippen LogP contribution is -2.41. The molecule has 24 heavy (non-hydrogen) atoms. The molecule has 4 rings (SSSR count). The van der Waals surface area contributed by atoms with Crippen molar-refractivity contribution in [3.05, 3.63) is 42.2 Å². The van der Waals surface area contributed by atoms with Crippen LogP contribution in [0, 0.1) is 5.92 Å². The normalized spacial score (nSPS) is 26.9. The van der Waals surface area contributed by atoms with Crippen LogP contribution in [0.3, 0.4) is 0 Å². The average Bonchev–Trinajstić information content (AvgIpc) is 2.68. The van der Waals surface area contributed by atoms with Crippen molar-refractivity contribution in [2.45, 2.75) is 50.6 Å². The summed E-state index contributed by atoms with van der Waals surface area (Å²) in [6, 6.07) is 9.23. The van der Waals surface area contributed by atoms with Gasteiger partial charge in [-0.15, -0.1) is 0 Å². The second-order valence-corrected chi connectivity index (χ2v) is 6.96. The predicted octanol–water partition coefficient (Wildman–Crippen LogP) is 4.35. The van der Waals surface area contributed by atoms with E-state index in [2.05, 4.69) is 40.4 Å². The number of benzene rings is 1. The van der Waals surface area contributed by atoms with E-state index in [9.17, 15) is 0 Å². The number of methoxy groups -OCH3 is 1. The van der Waals surface area contributed by atoms with E-state index in [0.717, 1.165) is 23.9 Å². The molecule has 4 nitrogen and oxygen atoms in total. The number of ether oxygens (including phenoxy) is 1. The Morgan fingerprint density at radius 1 is 1.08 bits per heavy atom. The zero-order valence-electron chi connectivity index (χ0n) is 14.3. The Bertz CT molecular complexity index is 656. The summed E-state index contributed by atoms with van der Waals surface area (Å²) in [7, 11) is 1.71. The molecule has 0 amide bonds. The van der Waals surface area contributed by atoms with Crippen molar-refractivity contribution in [2.24, 2.45) is 15.9 Å². The van der Waals surface area contributed by atoms with Gasteiger partial charge in [0.15, 0.2) is 0 Å². The first kappa shape index (κ1) is 15.4. The Hall–Kier alpha value is -2.10. The Labute approximate surface area is 143 Å². The van der Waals surface area contributed by atoms with Crippen molar-refractivity contribution in [3.8, 4) is 5.75 Å². The third-order valence-corrected chi connectivity index (χ3v) is 5.56. The topological polar surface area (TPSA) is 37.2 Å². The van der Waals surface area contributed by atoms with Crippen LogP contribution in [-0.4, -0.2) is 30.1 Å². The summed E-state index contributed by atoms with van der Waals surface area (Å²) in [6.45, 7) is 0. The molecule has 0 bridgehead atoms. The fraction of sp³-hybridized carbons (Fsp3) is 0.500. The van der Waals surface area contributed by atoms with Gasteiger partial charge in [-0.05, 0) is 42.9 Å². The van der Waals surface area contributed by atoms with Gasteiger partial charge in [0.25, 0.3) is 0 Å². The molecule has 3 aliphatic rings. The summed E-state index contributed by atoms with van der Waals surface area (Å²) in [5.74, 6) is 2.65. The van der Waals surface area contributed by atoms with Gasteiger partial charge in [-0.3, -0.25) is 9.98 Å². The molecular formula is C20H25N3O. The lowest BCUT2D eigenvalue weighted by molar-refractivity contribution is 0.240. The fourth-order valence-corrected chi connectivity index (χ4v) is 4.23. The van der Waals surface area contributed by atoms with Gasteiger partial charge in [0.2, 0.25) is 0 Å². The molecular weight excluding hydrogens is 298 g/mol. The SMILES string of the molecule is COc1ccc(C2CC(C3CCCCC3)N=C3C=NC=CN32)cc1. The maximum atomic E-state index is 5.31. The molecule has 0 N–H and O–H groups in total. The van der Waals surface area contributed by atoms with E-state index < -0.39 is 0 Å². The van der Waals surface area contributed by atoms with Gasteiger partial charge in [0.1, 0.15) is 11.6 Å². The highest BCUT2D eigenvalue weighted by Crippen LogP contribution is 2.38. The molecule has 1 aromatic rings. The van der Waals surface area contributed by atoms with E-state index in [1.54, 1.807) is 7.11 Å². The molecule has 0 aromatic heterocycles. The minimum Gasteiger partial charge on any atom is -0.497 e. The summed E-state index contributed by atoms with van der Waals surface area (Å²) in [5, 5.41) is 0. The molecule has 2 heterocycles. The fourth-order valence-electron chi connectivity index (χ4n) is 4.23. The largest absolute Gasteiger partial charge is 0.497 e. The lowest BCUT2D eigenvalue weighted by atomic mass is 9.80. The van der Waals surface area contributed by atoms with Crippen LogP contribution < -0.4 is 4.74 Å². The number of fused-ring (bicyclic) bond motifs is 1. The van der Waals surface area contributed by atoms with Gasteiger partial charge >= 0.3 is 0 Å². The molecule has 1 fully saturated rings. The molecule has 0 spiro atoms. The van der Waals surface area contributed by atoms with Crippen LogP contribution in [-0.2, 0) is 0 Å². The monoisotopic (exact) mass is 323 g/mol. The van der Waals surface area contributed by atoms with Crippen molar-refractivity contribution in [2.75, 3.05) is 7.11 Å². The van der Waals surface area contributed by atoms with Gasteiger partial charge in [-0.2, -0.15) is 0 Å². The van der Waals surface area contributed by atoms with Crippen molar-refractivity contribution < 1.29 is 4.74 Å². The van der Waals surface area contributed by atoms with E-state index in [1.807, 2.05) is 12.4 Å². The van der Waals surface area contributed by atoms with Crippen molar-refractivity contribution in [3.63, 3.8) is 0 Å². The van der Waals surface area contributed by atoms with E-state index in [-0.39, 0.29) is 0 Å². The second-order valence-electron chi connectivity index (χ2n) is 6.96. The maximum Gasteiger partial charge on any atom is 0.147 e. The Morgan fingerprint density at radius 3 is 2.62 bits per heavy atom. The molecule has 2 unspecified atom stereocenters. The number of hydrogen-bond acceptors (Lipinski definition) is 4. The standard InChI is InChI=1S/C20H25N3O/c1-24-17-9-7-16(8-10-17)19-13-18(15-5-3-2-4-6-15)22-20-14-21-11-12-23(19)20/h7-12,14-15,18-19H,2-6,13H2,1H3. The van der Waals surface area contributed by atoms with E-state index >= 15 is 0 Å². The summed E-state index contributed by atoms with van der Waals surface area (Å²) in [5.41, 5.74) is 1.32. The minimum absolute atomic E-state index is 0.332. The summed E-state index contributed by atoms with van der Waals surface area (Å²) in [4.78, 5) is 11.6. The number of aliphatic imine (C=N–C) groups is 2. The van der Waals surface area contributed by atoms with Crippen LogP contribution in [0.1, 0.15) is 50.1 Å². The molecule has 126 valence electrons. The van der Waals surface area contributed by atoms with Crippen LogP contribution in [0.25, 0.3) is 0 Å². The van der Waals surface area contributed by atoms with Gasteiger partial charge in [-0.25, -0.2) is 0 Å². The molecule has 0 radical (unpaired) electrons. The number of rotatable bonds is 3. The summed E-state index contributed by atoms with van der Waals surface area (Å²) in [6.07, 6.45) is 13.7. The third kappa shape index (κ3) is 2.97. The zero-order chi connectivity index (χ0) is 16.4. The highest BCUT2D eigenvalue weighted by molar-refractivity contribution is 6.30. The highest BCUT2D eigenvalue weighted by atomic mass is 16.5. The first-order chi connectivity index (χ1) is 11.8. The number of amidine groups is 1. The first-order valence-electron chi connectivity index (χ1n) is 9.05. The summed E-state index contributed by atoms with van der Waals surface area (Å²) >= 11 is 0.